The van der Waals surface area contributed by atoms with E-state index in [0.29, 0.717) is 19.3 Å². The standard InChI is InChI=1S/C24H35N5O3/c1-2-25-24(29-12-10-28(11-13-29)18-22-7-16-32-27-22)26-17-20-3-5-21(6-4-20)19-31-23-8-14-30-15-9-23/h3-7,16,23H,2,8-15,17-19H2,1H3,(H,25,26). The molecule has 174 valence electrons. The van der Waals surface area contributed by atoms with E-state index in [4.69, 9.17) is 19.0 Å². The average molecular weight is 442 g/mol. The zero-order valence-electron chi connectivity index (χ0n) is 19.0. The minimum Gasteiger partial charge on any atom is -0.381 e. The number of aromatic nitrogens is 1. The molecule has 1 aromatic heterocycles. The summed E-state index contributed by atoms with van der Waals surface area (Å²) in [5.41, 5.74) is 3.40. The number of aliphatic imine (C=N–C) groups is 1. The van der Waals surface area contributed by atoms with Gasteiger partial charge >= 0.3 is 0 Å². The molecule has 0 atom stereocenters. The largest absolute Gasteiger partial charge is 0.381 e. The highest BCUT2D eigenvalue weighted by atomic mass is 16.5. The molecule has 0 amide bonds. The van der Waals surface area contributed by atoms with Crippen LogP contribution in [0.15, 0.2) is 46.1 Å². The predicted molar refractivity (Wildman–Crippen MR) is 123 cm³/mol. The van der Waals surface area contributed by atoms with Gasteiger partial charge in [0.25, 0.3) is 0 Å². The van der Waals surface area contributed by atoms with Gasteiger partial charge in [-0.15, -0.1) is 0 Å². The van der Waals surface area contributed by atoms with Crippen LogP contribution in [0.1, 0.15) is 36.6 Å². The van der Waals surface area contributed by atoms with Gasteiger partial charge in [-0.3, -0.25) is 4.90 Å². The first-order valence-electron chi connectivity index (χ1n) is 11.7. The molecule has 8 nitrogen and oxygen atoms in total. The minimum absolute atomic E-state index is 0.326. The van der Waals surface area contributed by atoms with Crippen LogP contribution >= 0.6 is 0 Å². The average Bonchev–Trinajstić information content (AvgIpc) is 3.35. The summed E-state index contributed by atoms with van der Waals surface area (Å²) < 4.78 is 16.4. The van der Waals surface area contributed by atoms with Crippen LogP contribution in [0.2, 0.25) is 0 Å². The van der Waals surface area contributed by atoms with Crippen molar-refractivity contribution in [2.75, 3.05) is 45.9 Å². The van der Waals surface area contributed by atoms with Crippen molar-refractivity contribution in [2.24, 2.45) is 4.99 Å². The number of guanidine groups is 1. The van der Waals surface area contributed by atoms with Crippen LogP contribution in [0.3, 0.4) is 0 Å². The third-order valence-corrected chi connectivity index (χ3v) is 5.97. The topological polar surface area (TPSA) is 75.4 Å². The second-order valence-corrected chi connectivity index (χ2v) is 8.36. The molecule has 0 radical (unpaired) electrons. The normalized spacial score (nSPS) is 18.8. The maximum absolute atomic E-state index is 6.02. The van der Waals surface area contributed by atoms with Gasteiger partial charge in [0.2, 0.25) is 0 Å². The SMILES string of the molecule is CCNC(=NCc1ccc(COC2CCOCC2)cc1)N1CCN(Cc2ccon2)CC1. The highest BCUT2D eigenvalue weighted by Crippen LogP contribution is 2.14. The maximum Gasteiger partial charge on any atom is 0.194 e. The number of hydrogen-bond acceptors (Lipinski definition) is 6. The fourth-order valence-electron chi connectivity index (χ4n) is 4.06. The van der Waals surface area contributed by atoms with Crippen LogP contribution in [0.4, 0.5) is 0 Å². The molecule has 32 heavy (non-hydrogen) atoms. The molecule has 0 saturated carbocycles. The highest BCUT2D eigenvalue weighted by molar-refractivity contribution is 5.80. The minimum atomic E-state index is 0.326. The molecule has 0 aliphatic carbocycles. The van der Waals surface area contributed by atoms with E-state index in [0.717, 1.165) is 77.0 Å². The molecular formula is C24H35N5O3. The summed E-state index contributed by atoms with van der Waals surface area (Å²) >= 11 is 0. The maximum atomic E-state index is 6.02. The molecule has 8 heteroatoms. The van der Waals surface area contributed by atoms with E-state index in [-0.39, 0.29) is 0 Å². The molecular weight excluding hydrogens is 406 g/mol. The van der Waals surface area contributed by atoms with Crippen LogP contribution in [0.5, 0.6) is 0 Å². The molecule has 1 aromatic carbocycles. The molecule has 2 fully saturated rings. The number of hydrogen-bond donors (Lipinski definition) is 1. The van der Waals surface area contributed by atoms with E-state index < -0.39 is 0 Å². The fraction of sp³-hybridized carbons (Fsp3) is 0.583. The second-order valence-electron chi connectivity index (χ2n) is 8.36. The lowest BCUT2D eigenvalue weighted by atomic mass is 10.1. The zero-order valence-corrected chi connectivity index (χ0v) is 19.0. The summed E-state index contributed by atoms with van der Waals surface area (Å²) in [5.74, 6) is 0.987. The summed E-state index contributed by atoms with van der Waals surface area (Å²) in [6, 6.07) is 10.6. The Morgan fingerprint density at radius 1 is 1.09 bits per heavy atom. The third kappa shape index (κ3) is 6.79. The number of rotatable bonds is 8. The number of piperazine rings is 1. The van der Waals surface area contributed by atoms with Crippen molar-refractivity contribution in [1.29, 1.82) is 0 Å². The Kier molecular flexibility index (Phi) is 8.53. The van der Waals surface area contributed by atoms with Crippen LogP contribution in [-0.4, -0.2) is 73.0 Å². The third-order valence-electron chi connectivity index (χ3n) is 5.97. The number of nitrogens with zero attached hydrogens (tertiary/aromatic N) is 4. The Bertz CT molecular complexity index is 811. The first kappa shape index (κ1) is 22.8. The summed E-state index contributed by atoms with van der Waals surface area (Å²) in [6.45, 7) is 10.6. The Hall–Kier alpha value is -2.42. The zero-order chi connectivity index (χ0) is 22.0. The first-order valence-corrected chi connectivity index (χ1v) is 11.7. The Morgan fingerprint density at radius 3 is 2.53 bits per heavy atom. The lowest BCUT2D eigenvalue weighted by Crippen LogP contribution is -2.52. The highest BCUT2D eigenvalue weighted by Gasteiger charge is 2.20. The summed E-state index contributed by atoms with van der Waals surface area (Å²) in [4.78, 5) is 9.65. The van der Waals surface area contributed by atoms with Gasteiger partial charge in [0.15, 0.2) is 5.96 Å². The van der Waals surface area contributed by atoms with Gasteiger partial charge in [-0.2, -0.15) is 0 Å². The van der Waals surface area contributed by atoms with Crippen molar-refractivity contribution in [3.8, 4) is 0 Å². The van der Waals surface area contributed by atoms with Gasteiger partial charge in [0.05, 0.1) is 24.9 Å². The molecule has 3 heterocycles. The van der Waals surface area contributed by atoms with Crippen LogP contribution < -0.4 is 5.32 Å². The van der Waals surface area contributed by atoms with E-state index in [1.165, 1.54) is 11.1 Å². The molecule has 0 unspecified atom stereocenters. The molecule has 1 N–H and O–H groups in total. The van der Waals surface area contributed by atoms with Crippen LogP contribution in [0.25, 0.3) is 0 Å². The molecule has 2 aliphatic rings. The van der Waals surface area contributed by atoms with Gasteiger partial charge < -0.3 is 24.2 Å². The number of benzene rings is 1. The second kappa shape index (κ2) is 12.0. The molecule has 4 rings (SSSR count). The molecule has 2 aliphatic heterocycles. The van der Waals surface area contributed by atoms with Crippen molar-refractivity contribution in [2.45, 2.75) is 45.6 Å². The van der Waals surface area contributed by atoms with E-state index in [9.17, 15) is 0 Å². The van der Waals surface area contributed by atoms with Crippen molar-refractivity contribution in [3.05, 3.63) is 53.4 Å². The number of ether oxygens (including phenoxy) is 2. The quantitative estimate of drug-likeness (QED) is 0.499. The predicted octanol–water partition coefficient (Wildman–Crippen LogP) is 2.65. The Morgan fingerprint density at radius 2 is 1.84 bits per heavy atom. The van der Waals surface area contributed by atoms with Crippen LogP contribution in [0, 0.1) is 0 Å². The van der Waals surface area contributed by atoms with Gasteiger partial charge in [0.1, 0.15) is 6.26 Å². The Balaban J connectivity index is 1.25. The van der Waals surface area contributed by atoms with E-state index in [1.807, 2.05) is 6.07 Å². The smallest absolute Gasteiger partial charge is 0.194 e. The van der Waals surface area contributed by atoms with E-state index in [2.05, 4.69) is 51.5 Å². The monoisotopic (exact) mass is 441 g/mol. The molecule has 0 bridgehead atoms. The van der Waals surface area contributed by atoms with Crippen molar-refractivity contribution >= 4 is 5.96 Å². The van der Waals surface area contributed by atoms with Gasteiger partial charge in [0, 0.05) is 58.5 Å². The molecule has 0 spiro atoms. The van der Waals surface area contributed by atoms with Crippen molar-refractivity contribution in [3.63, 3.8) is 0 Å². The summed E-state index contributed by atoms with van der Waals surface area (Å²) in [7, 11) is 0. The Labute approximate surface area is 190 Å². The van der Waals surface area contributed by atoms with E-state index in [1.54, 1.807) is 6.26 Å². The fourth-order valence-corrected chi connectivity index (χ4v) is 4.06. The van der Waals surface area contributed by atoms with E-state index >= 15 is 0 Å². The summed E-state index contributed by atoms with van der Waals surface area (Å²) in [6.07, 6.45) is 3.95. The first-order chi connectivity index (χ1) is 15.8. The number of nitrogens with one attached hydrogen (secondary N) is 1. The summed E-state index contributed by atoms with van der Waals surface area (Å²) in [5, 5.41) is 7.47. The lowest BCUT2D eigenvalue weighted by molar-refractivity contribution is -0.0390. The molecule has 2 aromatic rings. The van der Waals surface area contributed by atoms with Gasteiger partial charge in [-0.25, -0.2) is 4.99 Å². The van der Waals surface area contributed by atoms with Crippen molar-refractivity contribution in [1.82, 2.24) is 20.3 Å². The molecule has 2 saturated heterocycles. The van der Waals surface area contributed by atoms with Gasteiger partial charge in [-0.1, -0.05) is 29.4 Å². The lowest BCUT2D eigenvalue weighted by Gasteiger charge is -2.36. The van der Waals surface area contributed by atoms with Crippen molar-refractivity contribution < 1.29 is 14.0 Å². The van der Waals surface area contributed by atoms with Crippen LogP contribution in [-0.2, 0) is 29.2 Å². The van der Waals surface area contributed by atoms with Gasteiger partial charge in [-0.05, 0) is 30.9 Å².